The van der Waals surface area contributed by atoms with Gasteiger partial charge in [-0.15, -0.1) is 0 Å². The molecule has 0 bridgehead atoms. The first-order valence-electron chi connectivity index (χ1n) is 25.0. The standard InChI is InChI=1S/C47H81N9O14S/c1-30(15-23-41(61)62)52-47(70)56-36(46(68)69)20-22-38(58)51-28-32-16-18-33(19-17-32)43(65)49-26-9-4-7-14-40(60)54-35(21-24-42(63)64)45(67)55-37(29-71)44(66)50-27-10-5-6-13-39(59)53-34(31(2)57)12-8-11-25-48-3/h30,32-37,48,71H,4-29H2,1-3H3,(H,49,65)(H,50,66)(H,51,58)(H,53,59)(H,54,60)(H,55,67)(H,61,62)(H,63,64)(H,68,69)(H2,52,56,70). The van der Waals surface area contributed by atoms with E-state index in [9.17, 15) is 63.0 Å². The van der Waals surface area contributed by atoms with E-state index in [0.717, 1.165) is 19.4 Å². The van der Waals surface area contributed by atoms with Gasteiger partial charge in [-0.1, -0.05) is 12.8 Å². The number of urea groups is 1. The Morgan fingerprint density at radius 1 is 0.521 bits per heavy atom. The molecule has 1 aliphatic carbocycles. The maximum absolute atomic E-state index is 13.2. The number of carbonyl (C=O) groups excluding carboxylic acids is 8. The normalized spacial score (nSPS) is 16.3. The highest BCUT2D eigenvalue weighted by molar-refractivity contribution is 7.80. The molecule has 5 unspecified atom stereocenters. The molecule has 0 spiro atoms. The van der Waals surface area contributed by atoms with E-state index in [1.165, 1.54) is 6.92 Å². The van der Waals surface area contributed by atoms with Crippen molar-refractivity contribution in [3.05, 3.63) is 0 Å². The zero-order valence-electron chi connectivity index (χ0n) is 41.7. The monoisotopic (exact) mass is 1030 g/mol. The summed E-state index contributed by atoms with van der Waals surface area (Å²) in [5.74, 6) is -6.07. The highest BCUT2D eigenvalue weighted by Gasteiger charge is 2.29. The van der Waals surface area contributed by atoms with Crippen molar-refractivity contribution in [2.45, 2.75) is 179 Å². The summed E-state index contributed by atoms with van der Waals surface area (Å²) in [6.45, 7) is 4.91. The van der Waals surface area contributed by atoms with Crippen LogP contribution < -0.4 is 47.9 Å². The fourth-order valence-electron chi connectivity index (χ4n) is 7.77. The quantitative estimate of drug-likeness (QED) is 0.0305. The van der Waals surface area contributed by atoms with Crippen LogP contribution in [-0.2, 0) is 47.9 Å². The first-order valence-corrected chi connectivity index (χ1v) is 25.6. The van der Waals surface area contributed by atoms with Crippen molar-refractivity contribution in [3.63, 3.8) is 0 Å². The lowest BCUT2D eigenvalue weighted by molar-refractivity contribution is -0.140. The zero-order chi connectivity index (χ0) is 53.1. The Morgan fingerprint density at radius 2 is 1.08 bits per heavy atom. The Kier molecular flexibility index (Phi) is 33.3. The predicted octanol–water partition coefficient (Wildman–Crippen LogP) is 1.28. The SMILES string of the molecule is CNCCCCC(NC(=O)CCCCCNC(=O)C(CS)NC(=O)C(CCC(=O)O)NC(=O)CCCCCNC(=O)C1CCC(CNC(=O)CCC(NC(=O)NC(C)CCC(=O)O)C(=O)O)CC1)C(C)=O. The van der Waals surface area contributed by atoms with Gasteiger partial charge in [0.25, 0.3) is 0 Å². The van der Waals surface area contributed by atoms with Gasteiger partial charge in [0.05, 0.1) is 6.04 Å². The maximum atomic E-state index is 13.2. The molecule has 71 heavy (non-hydrogen) atoms. The Hall–Kier alpha value is -5.52. The van der Waals surface area contributed by atoms with E-state index in [1.807, 2.05) is 7.05 Å². The van der Waals surface area contributed by atoms with Gasteiger partial charge in [0, 0.05) is 69.5 Å². The molecule has 1 rings (SSSR count). The van der Waals surface area contributed by atoms with Gasteiger partial charge in [0.15, 0.2) is 5.78 Å². The summed E-state index contributed by atoms with van der Waals surface area (Å²) in [5.41, 5.74) is 0. The first-order chi connectivity index (χ1) is 33.7. The van der Waals surface area contributed by atoms with Gasteiger partial charge in [-0.25, -0.2) is 9.59 Å². The predicted molar refractivity (Wildman–Crippen MR) is 265 cm³/mol. The second-order valence-corrected chi connectivity index (χ2v) is 18.6. The second-order valence-electron chi connectivity index (χ2n) is 18.2. The number of Topliss-reactive ketones (excluding diaryl/α,β-unsaturated/α-hetero) is 1. The smallest absolute Gasteiger partial charge is 0.326 e. The third-order valence-electron chi connectivity index (χ3n) is 12.1. The molecule has 0 heterocycles. The molecule has 0 aromatic rings. The third kappa shape index (κ3) is 30.7. The molecule has 8 amide bonds. The van der Waals surface area contributed by atoms with Crippen LogP contribution in [0.5, 0.6) is 0 Å². The number of unbranched alkanes of at least 4 members (excludes halogenated alkanes) is 5. The molecule has 404 valence electrons. The molecule has 24 heteroatoms. The molecule has 1 fully saturated rings. The van der Waals surface area contributed by atoms with Crippen molar-refractivity contribution in [1.29, 1.82) is 0 Å². The Balaban J connectivity index is 2.37. The van der Waals surface area contributed by atoms with E-state index in [1.54, 1.807) is 6.92 Å². The average Bonchev–Trinajstić information content (AvgIpc) is 3.32. The van der Waals surface area contributed by atoms with E-state index < -0.39 is 78.3 Å². The van der Waals surface area contributed by atoms with Crippen LogP contribution in [0.4, 0.5) is 4.79 Å². The minimum atomic E-state index is -1.32. The lowest BCUT2D eigenvalue weighted by Gasteiger charge is -2.28. The number of amides is 8. The van der Waals surface area contributed by atoms with Crippen molar-refractivity contribution in [2.75, 3.05) is 39.0 Å². The lowest BCUT2D eigenvalue weighted by atomic mass is 9.81. The summed E-state index contributed by atoms with van der Waals surface area (Å²) < 4.78 is 0. The Bertz CT molecular complexity index is 1730. The van der Waals surface area contributed by atoms with Crippen molar-refractivity contribution in [2.24, 2.45) is 11.8 Å². The summed E-state index contributed by atoms with van der Waals surface area (Å²) in [4.78, 5) is 134. The number of hydrogen-bond acceptors (Lipinski definition) is 13. The Morgan fingerprint density at radius 3 is 1.65 bits per heavy atom. The highest BCUT2D eigenvalue weighted by atomic mass is 32.1. The molecule has 0 saturated heterocycles. The average molecular weight is 1030 g/mol. The van der Waals surface area contributed by atoms with Crippen molar-refractivity contribution < 1.29 is 68.1 Å². The molecule has 5 atom stereocenters. The zero-order valence-corrected chi connectivity index (χ0v) is 42.6. The first kappa shape index (κ1) is 63.5. The fourth-order valence-corrected chi connectivity index (χ4v) is 8.03. The Labute approximate surface area is 422 Å². The number of hydrogen-bond donors (Lipinski definition) is 13. The molecule has 12 N–H and O–H groups in total. The molecule has 0 aromatic heterocycles. The van der Waals surface area contributed by atoms with E-state index in [0.29, 0.717) is 83.7 Å². The number of thiol groups is 1. The fraction of sp³-hybridized carbons (Fsp3) is 0.766. The van der Waals surface area contributed by atoms with E-state index in [-0.39, 0.29) is 92.6 Å². The minimum absolute atomic E-state index is 0.0445. The molecule has 1 aliphatic rings. The second kappa shape index (κ2) is 37.3. The number of ketones is 1. The number of carboxylic acid groups (broad SMARTS) is 3. The molecule has 23 nitrogen and oxygen atoms in total. The van der Waals surface area contributed by atoms with Crippen LogP contribution >= 0.6 is 12.6 Å². The van der Waals surface area contributed by atoms with Crippen molar-refractivity contribution in [1.82, 2.24) is 47.9 Å². The van der Waals surface area contributed by atoms with Gasteiger partial charge < -0.3 is 63.2 Å². The van der Waals surface area contributed by atoms with Gasteiger partial charge >= 0.3 is 23.9 Å². The van der Waals surface area contributed by atoms with Crippen molar-refractivity contribution >= 4 is 77.8 Å². The molecule has 0 aliphatic heterocycles. The van der Waals surface area contributed by atoms with Gasteiger partial charge in [-0.2, -0.15) is 12.6 Å². The third-order valence-corrected chi connectivity index (χ3v) is 12.5. The number of carbonyl (C=O) groups is 11. The molecular weight excluding hydrogens is 947 g/mol. The van der Waals surface area contributed by atoms with Crippen LogP contribution in [0.2, 0.25) is 0 Å². The summed E-state index contributed by atoms with van der Waals surface area (Å²) in [7, 11) is 1.85. The molecule has 0 aromatic carbocycles. The summed E-state index contributed by atoms with van der Waals surface area (Å²) in [6, 6.07) is -5.37. The van der Waals surface area contributed by atoms with Crippen LogP contribution in [0.25, 0.3) is 0 Å². The number of carboxylic acids is 3. The number of rotatable bonds is 39. The van der Waals surface area contributed by atoms with Gasteiger partial charge in [0.1, 0.15) is 18.1 Å². The highest BCUT2D eigenvalue weighted by Crippen LogP contribution is 2.28. The molecule has 1 saturated carbocycles. The topological polar surface area (TPSA) is 357 Å². The van der Waals surface area contributed by atoms with Crippen molar-refractivity contribution in [3.8, 4) is 0 Å². The molecule has 0 radical (unpaired) electrons. The number of aliphatic carboxylic acids is 3. The summed E-state index contributed by atoms with van der Waals surface area (Å²) >= 11 is 4.20. The van der Waals surface area contributed by atoms with Crippen LogP contribution in [0, 0.1) is 11.8 Å². The van der Waals surface area contributed by atoms with Crippen LogP contribution in [-0.4, -0.2) is 150 Å². The summed E-state index contributed by atoms with van der Waals surface area (Å²) in [5, 5.41) is 51.8. The van der Waals surface area contributed by atoms with E-state index >= 15 is 0 Å². The number of nitrogens with one attached hydrogen (secondary N) is 9. The van der Waals surface area contributed by atoms with Gasteiger partial charge in [0.2, 0.25) is 35.4 Å². The lowest BCUT2D eigenvalue weighted by Crippen LogP contribution is -2.54. The molecular formula is C47H81N9O14S. The minimum Gasteiger partial charge on any atom is -0.481 e. The van der Waals surface area contributed by atoms with Crippen LogP contribution in [0.1, 0.15) is 149 Å². The van der Waals surface area contributed by atoms with Crippen LogP contribution in [0.15, 0.2) is 0 Å². The van der Waals surface area contributed by atoms with E-state index in [2.05, 4.69) is 60.5 Å². The van der Waals surface area contributed by atoms with Gasteiger partial charge in [-0.3, -0.25) is 43.2 Å². The largest absolute Gasteiger partial charge is 0.481 e. The van der Waals surface area contributed by atoms with Gasteiger partial charge in [-0.05, 0) is 123 Å². The van der Waals surface area contributed by atoms with Crippen LogP contribution in [0.3, 0.4) is 0 Å². The maximum Gasteiger partial charge on any atom is 0.326 e. The van der Waals surface area contributed by atoms with E-state index in [4.69, 9.17) is 5.11 Å². The summed E-state index contributed by atoms with van der Waals surface area (Å²) in [6.07, 6.45) is 7.68.